The molecular weight excluding hydrogens is 280 g/mol. The van der Waals surface area contributed by atoms with Crippen LogP contribution < -0.4 is 0 Å². The first kappa shape index (κ1) is 15.4. The normalized spacial score (nSPS) is 19.4. The van der Waals surface area contributed by atoms with E-state index in [0.29, 0.717) is 32.7 Å². The van der Waals surface area contributed by atoms with E-state index < -0.39 is 15.6 Å². The minimum absolute atomic E-state index is 0.0935. The smallest absolute Gasteiger partial charge is 0.262 e. The van der Waals surface area contributed by atoms with Gasteiger partial charge in [0.05, 0.1) is 11.9 Å². The highest BCUT2D eigenvalue weighted by Crippen LogP contribution is 2.16. The van der Waals surface area contributed by atoms with Crippen molar-refractivity contribution in [2.45, 2.75) is 24.5 Å². The van der Waals surface area contributed by atoms with Gasteiger partial charge in [0.1, 0.15) is 0 Å². The van der Waals surface area contributed by atoms with E-state index in [2.05, 4.69) is 9.88 Å². The Hall–Kier alpha value is -0.960. The van der Waals surface area contributed by atoms with Gasteiger partial charge in [0.15, 0.2) is 5.03 Å². The molecule has 0 spiro atoms. The first-order valence-corrected chi connectivity index (χ1v) is 8.05. The second-order valence-electron chi connectivity index (χ2n) is 5.87. The topological polar surface area (TPSA) is 78.7 Å². The van der Waals surface area contributed by atoms with Crippen LogP contribution in [0.5, 0.6) is 0 Å². The van der Waals surface area contributed by atoms with Crippen LogP contribution in [0.15, 0.2) is 17.6 Å². The molecule has 0 radical (unpaired) electrons. The van der Waals surface area contributed by atoms with Crippen LogP contribution in [0.4, 0.5) is 0 Å². The molecule has 0 amide bonds. The van der Waals surface area contributed by atoms with Crippen LogP contribution in [0.2, 0.25) is 0 Å². The van der Waals surface area contributed by atoms with Crippen LogP contribution >= 0.6 is 0 Å². The summed E-state index contributed by atoms with van der Waals surface area (Å²) in [5.41, 5.74) is -0.762. The van der Waals surface area contributed by atoms with Crippen molar-refractivity contribution < 1.29 is 13.5 Å². The number of aliphatic hydroxyl groups is 1. The zero-order valence-electron chi connectivity index (χ0n) is 12.2. The molecule has 0 atom stereocenters. The number of nitrogens with zero attached hydrogens (tertiary/aromatic N) is 4. The molecule has 0 aromatic carbocycles. The standard InChI is InChI=1S/C12H22N4O3S/c1-12(2,17)9-15-4-6-16(7-5-15)20(18,19)11-8-14(3)10-13-11/h8,10,17H,4-7,9H2,1-3H3. The number of hydrogen-bond donors (Lipinski definition) is 1. The molecule has 1 aliphatic heterocycles. The summed E-state index contributed by atoms with van der Waals surface area (Å²) in [5, 5.41) is 9.88. The molecule has 2 rings (SSSR count). The lowest BCUT2D eigenvalue weighted by Gasteiger charge is -2.36. The van der Waals surface area contributed by atoms with Crippen molar-refractivity contribution >= 4 is 10.0 Å². The van der Waals surface area contributed by atoms with Gasteiger partial charge in [-0.15, -0.1) is 0 Å². The summed E-state index contributed by atoms with van der Waals surface area (Å²) in [6, 6.07) is 0. The molecule has 8 heteroatoms. The number of rotatable bonds is 4. The van der Waals surface area contributed by atoms with Crippen LogP contribution in [0.1, 0.15) is 13.8 Å². The summed E-state index contributed by atoms with van der Waals surface area (Å²) in [4.78, 5) is 5.99. The minimum Gasteiger partial charge on any atom is -0.389 e. The zero-order chi connectivity index (χ0) is 15.0. The van der Waals surface area contributed by atoms with Crippen molar-refractivity contribution in [2.24, 2.45) is 7.05 Å². The lowest BCUT2D eigenvalue weighted by atomic mass is 10.1. The van der Waals surface area contributed by atoms with Crippen molar-refractivity contribution in [1.29, 1.82) is 0 Å². The van der Waals surface area contributed by atoms with Gasteiger partial charge in [-0.05, 0) is 13.8 Å². The van der Waals surface area contributed by atoms with Gasteiger partial charge in [0, 0.05) is 46.0 Å². The summed E-state index contributed by atoms with van der Waals surface area (Å²) in [7, 11) is -1.75. The van der Waals surface area contributed by atoms with Crippen LogP contribution in [-0.4, -0.2) is 70.6 Å². The summed E-state index contributed by atoms with van der Waals surface area (Å²) in [5.74, 6) is 0. The Kier molecular flexibility index (Phi) is 4.19. The Labute approximate surface area is 119 Å². The maximum atomic E-state index is 12.4. The fourth-order valence-electron chi connectivity index (χ4n) is 2.33. The first-order chi connectivity index (χ1) is 9.18. The number of β-amino-alcohol motifs (C(OH)–C–C–N with tert-alkyl or cyclic N) is 1. The average molecular weight is 302 g/mol. The van der Waals surface area contributed by atoms with E-state index in [1.807, 2.05) is 0 Å². The number of aromatic nitrogens is 2. The second-order valence-corrected chi connectivity index (χ2v) is 7.75. The number of imidazole rings is 1. The van der Waals surface area contributed by atoms with E-state index in [9.17, 15) is 13.5 Å². The van der Waals surface area contributed by atoms with Crippen LogP contribution in [-0.2, 0) is 17.1 Å². The first-order valence-electron chi connectivity index (χ1n) is 6.61. The largest absolute Gasteiger partial charge is 0.389 e. The highest BCUT2D eigenvalue weighted by atomic mass is 32.2. The molecule has 0 aliphatic carbocycles. The molecule has 1 fully saturated rings. The van der Waals surface area contributed by atoms with Gasteiger partial charge in [-0.1, -0.05) is 0 Å². The van der Waals surface area contributed by atoms with Gasteiger partial charge < -0.3 is 9.67 Å². The van der Waals surface area contributed by atoms with Gasteiger partial charge in [-0.3, -0.25) is 4.90 Å². The lowest BCUT2D eigenvalue weighted by Crippen LogP contribution is -2.51. The third-order valence-electron chi connectivity index (χ3n) is 3.23. The molecule has 0 unspecified atom stereocenters. The number of sulfonamides is 1. The quantitative estimate of drug-likeness (QED) is 0.811. The van der Waals surface area contributed by atoms with Gasteiger partial charge in [-0.25, -0.2) is 13.4 Å². The second kappa shape index (κ2) is 5.44. The maximum Gasteiger partial charge on any atom is 0.262 e. The fraction of sp³-hybridized carbons (Fsp3) is 0.750. The summed E-state index contributed by atoms with van der Waals surface area (Å²) >= 11 is 0. The monoisotopic (exact) mass is 302 g/mol. The van der Waals surface area contributed by atoms with E-state index in [-0.39, 0.29) is 5.03 Å². The predicted molar refractivity (Wildman–Crippen MR) is 74.7 cm³/mol. The Morgan fingerprint density at radius 1 is 1.30 bits per heavy atom. The molecule has 1 aromatic heterocycles. The van der Waals surface area contributed by atoms with Crippen molar-refractivity contribution in [2.75, 3.05) is 32.7 Å². The molecule has 2 heterocycles. The van der Waals surface area contributed by atoms with Crippen molar-refractivity contribution in [1.82, 2.24) is 18.8 Å². The molecular formula is C12H22N4O3S. The summed E-state index contributed by atoms with van der Waals surface area (Å²) < 4.78 is 27.8. The van der Waals surface area contributed by atoms with Crippen LogP contribution in [0.25, 0.3) is 0 Å². The van der Waals surface area contributed by atoms with Crippen LogP contribution in [0, 0.1) is 0 Å². The van der Waals surface area contributed by atoms with Gasteiger partial charge >= 0.3 is 0 Å². The average Bonchev–Trinajstić information content (AvgIpc) is 2.75. The minimum atomic E-state index is -3.50. The van der Waals surface area contributed by atoms with E-state index in [0.717, 1.165) is 0 Å². The van der Waals surface area contributed by atoms with E-state index in [1.165, 1.54) is 16.8 Å². The molecule has 7 nitrogen and oxygen atoms in total. The molecule has 1 aromatic rings. The predicted octanol–water partition coefficient (Wildman–Crippen LogP) is -0.503. The third-order valence-corrected chi connectivity index (χ3v) is 5.01. The van der Waals surface area contributed by atoms with Gasteiger partial charge in [0.2, 0.25) is 0 Å². The Balaban J connectivity index is 2.00. The molecule has 0 saturated carbocycles. The molecule has 20 heavy (non-hydrogen) atoms. The Bertz CT molecular complexity index is 554. The SMILES string of the molecule is Cn1cnc(S(=O)(=O)N2CCN(CC(C)(C)O)CC2)c1. The molecule has 1 N–H and O–H groups in total. The van der Waals surface area contributed by atoms with Gasteiger partial charge in [-0.2, -0.15) is 4.31 Å². The molecule has 114 valence electrons. The summed E-state index contributed by atoms with van der Waals surface area (Å²) in [6.07, 6.45) is 3.00. The fourth-order valence-corrected chi connectivity index (χ4v) is 3.72. The number of aryl methyl sites for hydroxylation is 1. The van der Waals surface area contributed by atoms with Crippen molar-refractivity contribution in [3.05, 3.63) is 12.5 Å². The summed E-state index contributed by atoms with van der Waals surface area (Å²) in [6.45, 7) is 6.15. The highest BCUT2D eigenvalue weighted by molar-refractivity contribution is 7.89. The molecule has 0 bridgehead atoms. The van der Waals surface area contributed by atoms with Gasteiger partial charge in [0.25, 0.3) is 10.0 Å². The van der Waals surface area contributed by atoms with E-state index >= 15 is 0 Å². The number of hydrogen-bond acceptors (Lipinski definition) is 5. The lowest BCUT2D eigenvalue weighted by molar-refractivity contribution is 0.0263. The van der Waals surface area contributed by atoms with E-state index in [1.54, 1.807) is 25.5 Å². The highest BCUT2D eigenvalue weighted by Gasteiger charge is 2.31. The van der Waals surface area contributed by atoms with Crippen LogP contribution in [0.3, 0.4) is 0 Å². The number of piperazine rings is 1. The van der Waals surface area contributed by atoms with E-state index in [4.69, 9.17) is 0 Å². The zero-order valence-corrected chi connectivity index (χ0v) is 13.0. The van der Waals surface area contributed by atoms with Crippen molar-refractivity contribution in [3.63, 3.8) is 0 Å². The third kappa shape index (κ3) is 3.57. The maximum absolute atomic E-state index is 12.4. The Morgan fingerprint density at radius 3 is 2.35 bits per heavy atom. The molecule has 1 aliphatic rings. The molecule has 1 saturated heterocycles. The Morgan fingerprint density at radius 2 is 1.90 bits per heavy atom. The van der Waals surface area contributed by atoms with Crippen molar-refractivity contribution in [3.8, 4) is 0 Å².